The molecule has 2 atom stereocenters. The van der Waals surface area contributed by atoms with Crippen LogP contribution in [0.2, 0.25) is 0 Å². The lowest BCUT2D eigenvalue weighted by molar-refractivity contribution is 0.0665. The summed E-state index contributed by atoms with van der Waals surface area (Å²) in [7, 11) is 2.05. The van der Waals surface area contributed by atoms with E-state index in [1.807, 2.05) is 45.0 Å². The summed E-state index contributed by atoms with van der Waals surface area (Å²) in [6, 6.07) is 2.14. The number of amides is 1. The highest BCUT2D eigenvalue weighted by atomic mass is 16.5. The van der Waals surface area contributed by atoms with Gasteiger partial charge in [-0.2, -0.15) is 0 Å². The summed E-state index contributed by atoms with van der Waals surface area (Å²) in [5, 5.41) is 4.88. The average Bonchev–Trinajstić information content (AvgIpc) is 3.36. The van der Waals surface area contributed by atoms with Crippen molar-refractivity contribution in [3.63, 3.8) is 0 Å². The first-order valence-electron chi connectivity index (χ1n) is 10.0. The van der Waals surface area contributed by atoms with E-state index >= 15 is 0 Å². The lowest BCUT2D eigenvalue weighted by Crippen LogP contribution is -2.53. The summed E-state index contributed by atoms with van der Waals surface area (Å²) in [5.41, 5.74) is 1.10. The van der Waals surface area contributed by atoms with Gasteiger partial charge in [-0.25, -0.2) is 9.97 Å². The predicted octanol–water partition coefficient (Wildman–Crippen LogP) is 3.23. The largest absolute Gasteiger partial charge is 0.360 e. The van der Waals surface area contributed by atoms with E-state index in [1.165, 1.54) is 0 Å². The Balaban J connectivity index is 1.59. The molecule has 0 radical (unpaired) electrons. The molecule has 8 nitrogen and oxygen atoms in total. The second kappa shape index (κ2) is 7.17. The molecule has 8 heteroatoms. The van der Waals surface area contributed by atoms with Crippen molar-refractivity contribution in [2.75, 3.05) is 25.0 Å². The number of carbonyl (C=O) groups excluding carboxylic acids is 1. The number of fused-ring (bicyclic) bond motifs is 1. The van der Waals surface area contributed by atoms with E-state index in [2.05, 4.69) is 31.9 Å². The summed E-state index contributed by atoms with van der Waals surface area (Å²) in [6.45, 7) is 9.66. The molecule has 3 aromatic rings. The molecule has 3 aromatic heterocycles. The third-order valence-electron chi connectivity index (χ3n) is 5.85. The van der Waals surface area contributed by atoms with Gasteiger partial charge in [0, 0.05) is 31.7 Å². The summed E-state index contributed by atoms with van der Waals surface area (Å²) < 4.78 is 5.42. The van der Waals surface area contributed by atoms with Gasteiger partial charge < -0.3 is 19.3 Å². The van der Waals surface area contributed by atoms with E-state index in [-0.39, 0.29) is 17.4 Å². The Morgan fingerprint density at radius 1 is 1.34 bits per heavy atom. The van der Waals surface area contributed by atoms with Crippen molar-refractivity contribution in [2.24, 2.45) is 5.92 Å². The Morgan fingerprint density at radius 3 is 2.90 bits per heavy atom. The number of carbonyl (C=O) groups is 1. The average molecular weight is 396 g/mol. The molecular weight excluding hydrogens is 368 g/mol. The van der Waals surface area contributed by atoms with E-state index in [1.54, 1.807) is 12.5 Å². The lowest BCUT2D eigenvalue weighted by Gasteiger charge is -2.42. The standard InChI is InChI=1S/C21H28N6O2/c1-13-7-9-27(20(28)15-10-25-29-17(15)21(2,3)4)11-16(13)26(5)19-14-6-8-22-18(14)23-12-24-19/h6,8,10,12-13,16H,7,9,11H2,1-5H3,(H,22,23,24)/t13-,16+/m1/s1. The zero-order valence-corrected chi connectivity index (χ0v) is 17.6. The smallest absolute Gasteiger partial charge is 0.259 e. The van der Waals surface area contributed by atoms with Crippen molar-refractivity contribution < 1.29 is 9.32 Å². The molecule has 0 saturated carbocycles. The third-order valence-corrected chi connectivity index (χ3v) is 5.85. The van der Waals surface area contributed by atoms with Crippen LogP contribution in [-0.4, -0.2) is 57.1 Å². The van der Waals surface area contributed by atoms with Crippen molar-refractivity contribution in [1.29, 1.82) is 0 Å². The third kappa shape index (κ3) is 3.47. The summed E-state index contributed by atoms with van der Waals surface area (Å²) in [4.78, 5) is 29.3. The number of H-pyrrole nitrogens is 1. The molecule has 0 unspecified atom stereocenters. The van der Waals surface area contributed by atoms with Crippen LogP contribution in [0, 0.1) is 5.92 Å². The van der Waals surface area contributed by atoms with E-state index in [0.717, 1.165) is 29.8 Å². The molecule has 29 heavy (non-hydrogen) atoms. The maximum atomic E-state index is 13.3. The topological polar surface area (TPSA) is 91.2 Å². The minimum atomic E-state index is -0.276. The molecule has 1 aliphatic rings. The maximum Gasteiger partial charge on any atom is 0.259 e. The molecule has 0 spiro atoms. The van der Waals surface area contributed by atoms with Crippen molar-refractivity contribution in [1.82, 2.24) is 25.0 Å². The normalized spacial score (nSPS) is 20.2. The first kappa shape index (κ1) is 19.4. The second-order valence-corrected chi connectivity index (χ2v) is 8.95. The molecule has 1 aliphatic heterocycles. The van der Waals surface area contributed by atoms with Crippen LogP contribution in [0.25, 0.3) is 11.0 Å². The zero-order valence-electron chi connectivity index (χ0n) is 17.6. The molecule has 0 aromatic carbocycles. The number of hydrogen-bond donors (Lipinski definition) is 1. The van der Waals surface area contributed by atoms with Gasteiger partial charge in [-0.1, -0.05) is 32.9 Å². The van der Waals surface area contributed by atoms with E-state index < -0.39 is 0 Å². The number of aromatic amines is 1. The highest BCUT2D eigenvalue weighted by Gasteiger charge is 2.36. The van der Waals surface area contributed by atoms with Gasteiger partial charge in [0.1, 0.15) is 23.4 Å². The van der Waals surface area contributed by atoms with Gasteiger partial charge in [-0.15, -0.1) is 0 Å². The summed E-state index contributed by atoms with van der Waals surface area (Å²) in [5.74, 6) is 1.92. The molecule has 1 amide bonds. The number of anilines is 1. The molecule has 1 saturated heterocycles. The van der Waals surface area contributed by atoms with Gasteiger partial charge in [0.25, 0.3) is 5.91 Å². The number of likely N-dealkylation sites (N-methyl/N-ethyl adjacent to an activating group) is 1. The summed E-state index contributed by atoms with van der Waals surface area (Å²) in [6.07, 6.45) is 5.93. The molecule has 1 N–H and O–H groups in total. The molecular formula is C21H28N6O2. The number of piperidine rings is 1. The number of likely N-dealkylation sites (tertiary alicyclic amines) is 1. The molecule has 0 aliphatic carbocycles. The Bertz CT molecular complexity index is 1020. The van der Waals surface area contributed by atoms with Crippen LogP contribution >= 0.6 is 0 Å². The predicted molar refractivity (Wildman–Crippen MR) is 111 cm³/mol. The molecule has 1 fully saturated rings. The number of nitrogens with one attached hydrogen (secondary N) is 1. The van der Waals surface area contributed by atoms with Gasteiger partial charge >= 0.3 is 0 Å². The van der Waals surface area contributed by atoms with Crippen molar-refractivity contribution >= 4 is 22.8 Å². The van der Waals surface area contributed by atoms with Crippen LogP contribution in [0.15, 0.2) is 29.3 Å². The van der Waals surface area contributed by atoms with Crippen molar-refractivity contribution in [2.45, 2.75) is 45.6 Å². The highest BCUT2D eigenvalue weighted by molar-refractivity contribution is 5.95. The quantitative estimate of drug-likeness (QED) is 0.731. The van der Waals surface area contributed by atoms with Crippen LogP contribution < -0.4 is 4.90 Å². The van der Waals surface area contributed by atoms with Gasteiger partial charge in [-0.3, -0.25) is 4.79 Å². The van der Waals surface area contributed by atoms with Crippen LogP contribution in [0.1, 0.15) is 50.2 Å². The van der Waals surface area contributed by atoms with Crippen molar-refractivity contribution in [3.05, 3.63) is 36.1 Å². The Hall–Kier alpha value is -2.90. The molecule has 4 rings (SSSR count). The van der Waals surface area contributed by atoms with Crippen molar-refractivity contribution in [3.8, 4) is 0 Å². The number of hydrogen-bond acceptors (Lipinski definition) is 6. The second-order valence-electron chi connectivity index (χ2n) is 8.95. The fourth-order valence-corrected chi connectivity index (χ4v) is 4.14. The number of nitrogens with zero attached hydrogens (tertiary/aromatic N) is 5. The highest BCUT2D eigenvalue weighted by Crippen LogP contribution is 2.31. The summed E-state index contributed by atoms with van der Waals surface area (Å²) >= 11 is 0. The SMILES string of the molecule is C[C@@H]1CCN(C(=O)c2cnoc2C(C)(C)C)C[C@@H]1N(C)c1ncnc2[nH]ccc12. The van der Waals surface area contributed by atoms with Crippen LogP contribution in [0.3, 0.4) is 0 Å². The Morgan fingerprint density at radius 2 is 2.14 bits per heavy atom. The van der Waals surface area contributed by atoms with Crippen LogP contribution in [-0.2, 0) is 5.41 Å². The Labute approximate surface area is 170 Å². The fraction of sp³-hybridized carbons (Fsp3) is 0.524. The van der Waals surface area contributed by atoms with E-state index in [0.29, 0.717) is 23.8 Å². The first-order chi connectivity index (χ1) is 13.8. The van der Waals surface area contributed by atoms with Gasteiger partial charge in [0.2, 0.25) is 0 Å². The fourth-order valence-electron chi connectivity index (χ4n) is 4.14. The van der Waals surface area contributed by atoms with Crippen LogP contribution in [0.4, 0.5) is 5.82 Å². The minimum Gasteiger partial charge on any atom is -0.360 e. The molecule has 4 heterocycles. The zero-order chi connectivity index (χ0) is 20.8. The van der Waals surface area contributed by atoms with Gasteiger partial charge in [0.05, 0.1) is 17.6 Å². The monoisotopic (exact) mass is 396 g/mol. The molecule has 0 bridgehead atoms. The number of aromatic nitrogens is 4. The lowest BCUT2D eigenvalue weighted by atomic mass is 9.89. The van der Waals surface area contributed by atoms with E-state index in [9.17, 15) is 4.79 Å². The van der Waals surface area contributed by atoms with Gasteiger partial charge in [-0.05, 0) is 18.4 Å². The number of rotatable bonds is 3. The Kier molecular flexibility index (Phi) is 4.80. The minimum absolute atomic E-state index is 0.0176. The van der Waals surface area contributed by atoms with E-state index in [4.69, 9.17) is 4.52 Å². The molecule has 154 valence electrons. The van der Waals surface area contributed by atoms with Gasteiger partial charge in [0.15, 0.2) is 5.76 Å². The first-order valence-corrected chi connectivity index (χ1v) is 10.0. The maximum absolute atomic E-state index is 13.3. The van der Waals surface area contributed by atoms with Crippen LogP contribution in [0.5, 0.6) is 0 Å².